The Kier molecular flexibility index (Phi) is 5.76. The molecular weight excluding hydrogens is 448 g/mol. The second-order valence-corrected chi connectivity index (χ2v) is 9.26. The number of carbonyl (C=O) groups excluding carboxylic acids is 2. The van der Waals surface area contributed by atoms with E-state index in [0.29, 0.717) is 12.8 Å². The average Bonchev–Trinajstić information content (AvgIpc) is 3.55. The van der Waals surface area contributed by atoms with Crippen molar-refractivity contribution in [1.29, 1.82) is 0 Å². The molecule has 0 aliphatic heterocycles. The van der Waals surface area contributed by atoms with E-state index in [9.17, 15) is 19.5 Å². The van der Waals surface area contributed by atoms with Crippen LogP contribution in [0.25, 0.3) is 11.1 Å². The van der Waals surface area contributed by atoms with E-state index in [0.717, 1.165) is 28.7 Å². The number of aromatic amines is 1. The Balaban J connectivity index is 1.20. The predicted octanol–water partition coefficient (Wildman–Crippen LogP) is 4.14. The summed E-state index contributed by atoms with van der Waals surface area (Å²) in [6.07, 6.45) is 1.14. The molecule has 3 aromatic rings. The third-order valence-electron chi connectivity index (χ3n) is 7.15. The van der Waals surface area contributed by atoms with Crippen molar-refractivity contribution in [2.45, 2.75) is 38.1 Å². The Morgan fingerprint density at radius 3 is 2.43 bits per heavy atom. The summed E-state index contributed by atoms with van der Waals surface area (Å²) in [6, 6.07) is 17.1. The van der Waals surface area contributed by atoms with Gasteiger partial charge in [-0.15, -0.1) is 0 Å². The highest BCUT2D eigenvalue weighted by Crippen LogP contribution is 2.44. The molecule has 0 bridgehead atoms. The molecule has 4 N–H and O–H groups in total. The number of amides is 2. The van der Waals surface area contributed by atoms with Crippen LogP contribution >= 0.6 is 0 Å². The van der Waals surface area contributed by atoms with Gasteiger partial charge in [-0.05, 0) is 42.0 Å². The molecule has 180 valence electrons. The number of hydrogen-bond acceptors (Lipinski definition) is 5. The van der Waals surface area contributed by atoms with Crippen molar-refractivity contribution >= 4 is 23.8 Å². The van der Waals surface area contributed by atoms with Crippen molar-refractivity contribution in [2.75, 3.05) is 11.9 Å². The summed E-state index contributed by atoms with van der Waals surface area (Å²) >= 11 is 0. The molecule has 0 spiro atoms. The Bertz CT molecular complexity index is 1260. The van der Waals surface area contributed by atoms with Crippen LogP contribution in [0.15, 0.2) is 54.6 Å². The molecule has 5 rings (SSSR count). The lowest BCUT2D eigenvalue weighted by molar-refractivity contribution is -0.148. The SMILES string of the molecule is CC1(C(=O)O)CCCC1NC(=O)c1cc(NC(=O)OCC2c3ccccc3-c3ccccc32)n[nH]1. The standard InChI is InChI=1S/C26H26N4O5/c1-26(24(32)33)12-6-11-21(26)27-23(31)20-13-22(30-29-20)28-25(34)35-14-19-17-9-4-2-7-15(17)16-8-3-5-10-18(16)19/h2-5,7-10,13,19,21H,6,11-12,14H2,1H3,(H,27,31)(H,32,33)(H2,28,29,30,34). The first-order valence-corrected chi connectivity index (χ1v) is 11.6. The van der Waals surface area contributed by atoms with Crippen molar-refractivity contribution in [3.63, 3.8) is 0 Å². The lowest BCUT2D eigenvalue weighted by atomic mass is 9.85. The van der Waals surface area contributed by atoms with Crippen molar-refractivity contribution < 1.29 is 24.2 Å². The number of carbonyl (C=O) groups is 3. The Hall–Kier alpha value is -4.14. The Morgan fingerprint density at radius 2 is 1.77 bits per heavy atom. The number of aromatic nitrogens is 2. The molecule has 1 aromatic heterocycles. The molecule has 2 aliphatic carbocycles. The Labute approximate surface area is 201 Å². The molecule has 2 aliphatic rings. The minimum Gasteiger partial charge on any atom is -0.481 e. The van der Waals surface area contributed by atoms with Gasteiger partial charge in [0.05, 0.1) is 5.41 Å². The number of anilines is 1. The molecule has 35 heavy (non-hydrogen) atoms. The number of aliphatic carboxylic acids is 1. The van der Waals surface area contributed by atoms with Gasteiger partial charge in [0.2, 0.25) is 0 Å². The third-order valence-corrected chi connectivity index (χ3v) is 7.15. The van der Waals surface area contributed by atoms with Gasteiger partial charge in [-0.3, -0.25) is 20.0 Å². The molecular formula is C26H26N4O5. The minimum atomic E-state index is -1.00. The van der Waals surface area contributed by atoms with Crippen LogP contribution in [0.4, 0.5) is 10.6 Å². The van der Waals surface area contributed by atoms with E-state index in [1.165, 1.54) is 6.07 Å². The number of ether oxygens (including phenoxy) is 1. The molecule has 2 atom stereocenters. The fourth-order valence-corrected chi connectivity index (χ4v) is 5.13. The molecule has 2 amide bonds. The van der Waals surface area contributed by atoms with E-state index in [1.807, 2.05) is 36.4 Å². The highest BCUT2D eigenvalue weighted by atomic mass is 16.5. The summed E-state index contributed by atoms with van der Waals surface area (Å²) in [5.74, 6) is -1.33. The zero-order valence-corrected chi connectivity index (χ0v) is 19.2. The molecule has 9 heteroatoms. The van der Waals surface area contributed by atoms with Crippen LogP contribution in [-0.4, -0.2) is 45.9 Å². The normalized spacial score (nSPS) is 20.7. The smallest absolute Gasteiger partial charge is 0.412 e. The van der Waals surface area contributed by atoms with Gasteiger partial charge in [0.15, 0.2) is 5.82 Å². The van der Waals surface area contributed by atoms with Gasteiger partial charge in [-0.2, -0.15) is 5.10 Å². The van der Waals surface area contributed by atoms with E-state index in [2.05, 4.69) is 33.0 Å². The maximum atomic E-state index is 12.6. The monoisotopic (exact) mass is 474 g/mol. The zero-order chi connectivity index (χ0) is 24.6. The van der Waals surface area contributed by atoms with Crippen LogP contribution in [0.3, 0.4) is 0 Å². The number of benzene rings is 2. The highest BCUT2D eigenvalue weighted by molar-refractivity contribution is 5.95. The van der Waals surface area contributed by atoms with E-state index in [-0.39, 0.29) is 24.0 Å². The molecule has 1 heterocycles. The largest absolute Gasteiger partial charge is 0.481 e. The number of H-pyrrole nitrogens is 1. The van der Waals surface area contributed by atoms with E-state index < -0.39 is 29.4 Å². The highest BCUT2D eigenvalue weighted by Gasteiger charge is 2.46. The van der Waals surface area contributed by atoms with Crippen molar-refractivity contribution in [3.05, 3.63) is 71.4 Å². The van der Waals surface area contributed by atoms with Crippen molar-refractivity contribution in [3.8, 4) is 11.1 Å². The number of carboxylic acid groups (broad SMARTS) is 1. The molecule has 2 aromatic carbocycles. The minimum absolute atomic E-state index is 0.0661. The topological polar surface area (TPSA) is 133 Å². The summed E-state index contributed by atoms with van der Waals surface area (Å²) in [7, 11) is 0. The molecule has 0 saturated heterocycles. The van der Waals surface area contributed by atoms with Crippen LogP contribution in [0.1, 0.15) is 53.7 Å². The van der Waals surface area contributed by atoms with Gasteiger partial charge in [0.25, 0.3) is 5.91 Å². The predicted molar refractivity (Wildman–Crippen MR) is 128 cm³/mol. The number of hydrogen-bond donors (Lipinski definition) is 4. The van der Waals surface area contributed by atoms with Crippen molar-refractivity contribution in [2.24, 2.45) is 5.41 Å². The number of nitrogens with one attached hydrogen (secondary N) is 3. The number of rotatable bonds is 6. The van der Waals surface area contributed by atoms with Crippen LogP contribution in [-0.2, 0) is 9.53 Å². The summed E-state index contributed by atoms with van der Waals surface area (Å²) in [5, 5.41) is 21.4. The van der Waals surface area contributed by atoms with Crippen LogP contribution in [0, 0.1) is 5.41 Å². The van der Waals surface area contributed by atoms with Gasteiger partial charge in [0, 0.05) is 18.0 Å². The molecule has 2 unspecified atom stereocenters. The molecule has 9 nitrogen and oxygen atoms in total. The van der Waals surface area contributed by atoms with Gasteiger partial charge in [-0.1, -0.05) is 55.0 Å². The number of nitrogens with zero attached hydrogens (tertiary/aromatic N) is 1. The van der Waals surface area contributed by atoms with Crippen molar-refractivity contribution in [1.82, 2.24) is 15.5 Å². The second kappa shape index (κ2) is 8.90. The quantitative estimate of drug-likeness (QED) is 0.424. The fourth-order valence-electron chi connectivity index (χ4n) is 5.13. The maximum absolute atomic E-state index is 12.6. The van der Waals surface area contributed by atoms with Crippen LogP contribution in [0.2, 0.25) is 0 Å². The van der Waals surface area contributed by atoms with E-state index in [1.54, 1.807) is 6.92 Å². The van der Waals surface area contributed by atoms with Crippen LogP contribution in [0.5, 0.6) is 0 Å². The fraction of sp³-hybridized carbons (Fsp3) is 0.308. The first kappa shape index (κ1) is 22.6. The van der Waals surface area contributed by atoms with Crippen LogP contribution < -0.4 is 10.6 Å². The van der Waals surface area contributed by atoms with Gasteiger partial charge in [-0.25, -0.2) is 4.79 Å². The van der Waals surface area contributed by atoms with E-state index >= 15 is 0 Å². The lowest BCUT2D eigenvalue weighted by Gasteiger charge is -2.27. The summed E-state index contributed by atoms with van der Waals surface area (Å²) in [6.45, 7) is 1.80. The first-order chi connectivity index (χ1) is 16.9. The molecule has 0 radical (unpaired) electrons. The molecule has 1 saturated carbocycles. The number of fused-ring (bicyclic) bond motifs is 3. The molecule has 1 fully saturated rings. The van der Waals surface area contributed by atoms with Gasteiger partial charge in [0.1, 0.15) is 12.3 Å². The van der Waals surface area contributed by atoms with Gasteiger partial charge >= 0.3 is 12.1 Å². The van der Waals surface area contributed by atoms with E-state index in [4.69, 9.17) is 4.74 Å². The second-order valence-electron chi connectivity index (χ2n) is 9.26. The lowest BCUT2D eigenvalue weighted by Crippen LogP contribution is -2.47. The Morgan fingerprint density at radius 1 is 1.11 bits per heavy atom. The maximum Gasteiger partial charge on any atom is 0.412 e. The summed E-state index contributed by atoms with van der Waals surface area (Å²) < 4.78 is 5.50. The number of carboxylic acids is 1. The summed E-state index contributed by atoms with van der Waals surface area (Å²) in [5.41, 5.74) is 3.63. The first-order valence-electron chi connectivity index (χ1n) is 11.6. The van der Waals surface area contributed by atoms with Gasteiger partial charge < -0.3 is 15.2 Å². The zero-order valence-electron chi connectivity index (χ0n) is 19.2. The summed E-state index contributed by atoms with van der Waals surface area (Å²) in [4.78, 5) is 36.7. The average molecular weight is 475 g/mol. The third kappa shape index (κ3) is 4.14.